The van der Waals surface area contributed by atoms with Crippen molar-refractivity contribution in [1.82, 2.24) is 4.72 Å². The first-order chi connectivity index (χ1) is 12.8. The molecule has 140 valence electrons. The molecular weight excluding hydrogens is 364 g/mol. The number of nitrogens with one attached hydrogen (secondary N) is 2. The second-order valence-corrected chi connectivity index (χ2v) is 7.96. The number of rotatable bonds is 6. The van der Waals surface area contributed by atoms with Gasteiger partial charge < -0.3 is 9.73 Å². The molecule has 1 aromatic heterocycles. The summed E-state index contributed by atoms with van der Waals surface area (Å²) in [4.78, 5) is 12.2. The van der Waals surface area contributed by atoms with Crippen LogP contribution in [0.5, 0.6) is 0 Å². The van der Waals surface area contributed by atoms with Gasteiger partial charge in [-0.05, 0) is 60.9 Å². The normalized spacial score (nSPS) is 11.3. The lowest BCUT2D eigenvalue weighted by atomic mass is 10.2. The quantitative estimate of drug-likeness (QED) is 0.679. The average Bonchev–Trinajstić information content (AvgIpc) is 3.18. The van der Waals surface area contributed by atoms with Crippen molar-refractivity contribution in [1.29, 1.82) is 0 Å². The third-order valence-corrected chi connectivity index (χ3v) is 5.60. The Morgan fingerprint density at radius 3 is 2.44 bits per heavy atom. The molecule has 0 atom stereocenters. The molecule has 7 heteroatoms. The molecule has 0 radical (unpaired) electrons. The van der Waals surface area contributed by atoms with Crippen molar-refractivity contribution >= 4 is 21.6 Å². The van der Waals surface area contributed by atoms with E-state index in [1.54, 1.807) is 55.5 Å². The van der Waals surface area contributed by atoms with Crippen LogP contribution in [0, 0.1) is 13.8 Å². The minimum atomic E-state index is -3.60. The van der Waals surface area contributed by atoms with Crippen LogP contribution in [-0.4, -0.2) is 14.3 Å². The summed E-state index contributed by atoms with van der Waals surface area (Å²) in [6.45, 7) is 3.78. The summed E-state index contributed by atoms with van der Waals surface area (Å²) < 4.78 is 32.7. The minimum absolute atomic E-state index is 0.155. The molecule has 0 spiro atoms. The first kappa shape index (κ1) is 18.9. The number of carbonyl (C=O) groups is 1. The number of hydrogen-bond acceptors (Lipinski definition) is 4. The number of aryl methyl sites for hydroxylation is 2. The van der Waals surface area contributed by atoms with Gasteiger partial charge in [-0.3, -0.25) is 4.79 Å². The van der Waals surface area contributed by atoms with Gasteiger partial charge in [-0.2, -0.15) is 0 Å². The SMILES string of the molecule is Cc1ccc(C)c(S(=O)(=O)NCc2ccc(NC(=O)c3ccco3)cc2)c1. The summed E-state index contributed by atoms with van der Waals surface area (Å²) in [5.74, 6) is -0.122. The maximum absolute atomic E-state index is 12.5. The van der Waals surface area contributed by atoms with Gasteiger partial charge in [-0.25, -0.2) is 13.1 Å². The molecule has 1 amide bonds. The van der Waals surface area contributed by atoms with Crippen LogP contribution in [0.4, 0.5) is 5.69 Å². The van der Waals surface area contributed by atoms with Crippen molar-refractivity contribution < 1.29 is 17.6 Å². The summed E-state index contributed by atoms with van der Waals surface area (Å²) in [5, 5.41) is 2.71. The van der Waals surface area contributed by atoms with Gasteiger partial charge in [-0.15, -0.1) is 0 Å². The summed E-state index contributed by atoms with van der Waals surface area (Å²) >= 11 is 0. The van der Waals surface area contributed by atoms with Crippen molar-refractivity contribution in [3.63, 3.8) is 0 Å². The summed E-state index contributed by atoms with van der Waals surface area (Å²) in [5.41, 5.74) is 2.96. The van der Waals surface area contributed by atoms with Gasteiger partial charge in [0.2, 0.25) is 10.0 Å². The standard InChI is InChI=1S/C20H20N2O4S/c1-14-5-6-15(2)19(12-14)27(24,25)21-13-16-7-9-17(10-8-16)22-20(23)18-4-3-11-26-18/h3-12,21H,13H2,1-2H3,(H,22,23). The highest BCUT2D eigenvalue weighted by Crippen LogP contribution is 2.17. The van der Waals surface area contributed by atoms with Gasteiger partial charge in [-0.1, -0.05) is 24.3 Å². The molecule has 3 rings (SSSR count). The fourth-order valence-corrected chi connectivity index (χ4v) is 3.90. The Labute approximate surface area is 158 Å². The number of furan rings is 1. The monoisotopic (exact) mass is 384 g/mol. The van der Waals surface area contributed by atoms with E-state index in [4.69, 9.17) is 4.42 Å². The molecule has 6 nitrogen and oxygen atoms in total. The van der Waals surface area contributed by atoms with Crippen molar-refractivity contribution in [2.75, 3.05) is 5.32 Å². The van der Waals surface area contributed by atoms with E-state index in [1.807, 2.05) is 13.0 Å². The Hall–Kier alpha value is -2.90. The first-order valence-corrected chi connectivity index (χ1v) is 9.84. The molecule has 2 N–H and O–H groups in total. The number of benzene rings is 2. The average molecular weight is 384 g/mol. The number of amides is 1. The van der Waals surface area contributed by atoms with Gasteiger partial charge in [0.25, 0.3) is 5.91 Å². The molecule has 27 heavy (non-hydrogen) atoms. The highest BCUT2D eigenvalue weighted by molar-refractivity contribution is 7.89. The van der Waals surface area contributed by atoms with Crippen LogP contribution < -0.4 is 10.0 Å². The molecule has 0 aliphatic rings. The molecule has 1 heterocycles. The Bertz CT molecular complexity index is 1040. The lowest BCUT2D eigenvalue weighted by molar-refractivity contribution is 0.0996. The molecular formula is C20H20N2O4S. The maximum Gasteiger partial charge on any atom is 0.291 e. The van der Waals surface area contributed by atoms with Gasteiger partial charge in [0.1, 0.15) is 0 Å². The minimum Gasteiger partial charge on any atom is -0.459 e. The van der Waals surface area contributed by atoms with Crippen molar-refractivity contribution in [2.45, 2.75) is 25.3 Å². The van der Waals surface area contributed by atoms with Crippen LogP contribution in [0.15, 0.2) is 70.2 Å². The Morgan fingerprint density at radius 2 is 1.78 bits per heavy atom. The van der Waals surface area contributed by atoms with E-state index in [0.29, 0.717) is 11.3 Å². The van der Waals surface area contributed by atoms with E-state index in [1.165, 1.54) is 6.26 Å². The number of carbonyl (C=O) groups excluding carboxylic acids is 1. The van der Waals surface area contributed by atoms with Crippen LogP contribution >= 0.6 is 0 Å². The van der Waals surface area contributed by atoms with Crippen molar-refractivity contribution in [3.8, 4) is 0 Å². The van der Waals surface area contributed by atoms with Gasteiger partial charge >= 0.3 is 0 Å². The molecule has 3 aromatic rings. The third-order valence-electron chi connectivity index (χ3n) is 4.06. The van der Waals surface area contributed by atoms with Gasteiger partial charge in [0.05, 0.1) is 11.2 Å². The second-order valence-electron chi connectivity index (χ2n) is 6.22. The lowest BCUT2D eigenvalue weighted by Crippen LogP contribution is -2.24. The zero-order valence-corrected chi connectivity index (χ0v) is 15.8. The van der Waals surface area contributed by atoms with Crippen molar-refractivity contribution in [2.24, 2.45) is 0 Å². The number of sulfonamides is 1. The molecule has 0 fully saturated rings. The number of anilines is 1. The molecule has 0 aliphatic carbocycles. The fourth-order valence-electron chi connectivity index (χ4n) is 2.56. The zero-order valence-electron chi connectivity index (χ0n) is 15.0. The molecule has 0 saturated carbocycles. The molecule has 2 aromatic carbocycles. The number of hydrogen-bond donors (Lipinski definition) is 2. The summed E-state index contributed by atoms with van der Waals surface area (Å²) in [7, 11) is -3.60. The molecule has 0 bridgehead atoms. The van der Waals surface area contributed by atoms with E-state index in [2.05, 4.69) is 10.0 Å². The van der Waals surface area contributed by atoms with Crippen LogP contribution in [0.1, 0.15) is 27.2 Å². The van der Waals surface area contributed by atoms with Crippen LogP contribution in [0.3, 0.4) is 0 Å². The largest absolute Gasteiger partial charge is 0.459 e. The topological polar surface area (TPSA) is 88.4 Å². The predicted octanol–water partition coefficient (Wildman–Crippen LogP) is 3.63. The van der Waals surface area contributed by atoms with Crippen LogP contribution in [0.25, 0.3) is 0 Å². The maximum atomic E-state index is 12.5. The Balaban J connectivity index is 1.64. The molecule has 0 aliphatic heterocycles. The van der Waals surface area contributed by atoms with Crippen LogP contribution in [-0.2, 0) is 16.6 Å². The summed E-state index contributed by atoms with van der Waals surface area (Å²) in [6, 6.07) is 15.5. The Kier molecular flexibility index (Phi) is 5.43. The highest BCUT2D eigenvalue weighted by Gasteiger charge is 2.16. The lowest BCUT2D eigenvalue weighted by Gasteiger charge is -2.11. The van der Waals surface area contributed by atoms with Crippen molar-refractivity contribution in [3.05, 3.63) is 83.3 Å². The van der Waals surface area contributed by atoms with Gasteiger partial charge in [0, 0.05) is 12.2 Å². The smallest absolute Gasteiger partial charge is 0.291 e. The van der Waals surface area contributed by atoms with Gasteiger partial charge in [0.15, 0.2) is 5.76 Å². The van der Waals surface area contributed by atoms with E-state index < -0.39 is 10.0 Å². The fraction of sp³-hybridized carbons (Fsp3) is 0.150. The van der Waals surface area contributed by atoms with E-state index >= 15 is 0 Å². The Morgan fingerprint density at radius 1 is 1.04 bits per heavy atom. The van der Waals surface area contributed by atoms with E-state index in [-0.39, 0.29) is 23.1 Å². The van der Waals surface area contributed by atoms with Crippen LogP contribution in [0.2, 0.25) is 0 Å². The molecule has 0 saturated heterocycles. The van der Waals surface area contributed by atoms with E-state index in [0.717, 1.165) is 11.1 Å². The highest BCUT2D eigenvalue weighted by atomic mass is 32.2. The summed E-state index contributed by atoms with van der Waals surface area (Å²) in [6.07, 6.45) is 1.43. The van der Waals surface area contributed by atoms with E-state index in [9.17, 15) is 13.2 Å². The predicted molar refractivity (Wildman–Crippen MR) is 103 cm³/mol. The first-order valence-electron chi connectivity index (χ1n) is 8.36. The molecule has 0 unspecified atom stereocenters. The second kappa shape index (κ2) is 7.77. The third kappa shape index (κ3) is 4.64. The zero-order chi connectivity index (χ0) is 19.4.